The normalized spacial score (nSPS) is 10.2. The van der Waals surface area contributed by atoms with E-state index in [1.54, 1.807) is 11.8 Å². The molecule has 132 valence electrons. The van der Waals surface area contributed by atoms with Crippen LogP contribution in [0.3, 0.4) is 0 Å². The lowest BCUT2D eigenvalue weighted by Crippen LogP contribution is -2.47. The van der Waals surface area contributed by atoms with E-state index < -0.39 is 0 Å². The van der Waals surface area contributed by atoms with Gasteiger partial charge in [0, 0.05) is 12.3 Å². The summed E-state index contributed by atoms with van der Waals surface area (Å²) in [6.45, 7) is 4.75. The van der Waals surface area contributed by atoms with Crippen LogP contribution in [0.2, 0.25) is 0 Å². The van der Waals surface area contributed by atoms with Gasteiger partial charge < -0.3 is 5.32 Å². The fourth-order valence-electron chi connectivity index (χ4n) is 2.12. The van der Waals surface area contributed by atoms with E-state index in [-0.39, 0.29) is 5.91 Å². The van der Waals surface area contributed by atoms with Crippen molar-refractivity contribution in [3.8, 4) is 0 Å². The summed E-state index contributed by atoms with van der Waals surface area (Å²) >= 11 is 6.74. The Hall–Kier alpha value is -2.05. The zero-order valence-corrected chi connectivity index (χ0v) is 16.1. The number of hydrazine groups is 1. The number of rotatable bonds is 6. The Kier molecular flexibility index (Phi) is 7.76. The molecule has 0 aliphatic carbocycles. The van der Waals surface area contributed by atoms with Crippen molar-refractivity contribution in [2.45, 2.75) is 26.1 Å². The van der Waals surface area contributed by atoms with Crippen molar-refractivity contribution in [2.75, 3.05) is 5.75 Å². The fourth-order valence-corrected chi connectivity index (χ4v) is 3.15. The van der Waals surface area contributed by atoms with Gasteiger partial charge in [-0.05, 0) is 42.8 Å². The summed E-state index contributed by atoms with van der Waals surface area (Å²) in [5.74, 6) is 1.09. The van der Waals surface area contributed by atoms with Crippen molar-refractivity contribution in [3.63, 3.8) is 0 Å². The second kappa shape index (κ2) is 10.1. The second-order valence-corrected chi connectivity index (χ2v) is 7.15. The third-order valence-corrected chi connectivity index (χ3v) is 4.87. The Bertz CT molecular complexity index is 717. The van der Waals surface area contributed by atoms with Gasteiger partial charge in [0.15, 0.2) is 5.11 Å². The average molecular weight is 374 g/mol. The maximum absolute atomic E-state index is 11.9. The van der Waals surface area contributed by atoms with Crippen LogP contribution < -0.4 is 16.2 Å². The first-order chi connectivity index (χ1) is 12.0. The fraction of sp³-hybridized carbons (Fsp3) is 0.263. The maximum Gasteiger partial charge on any atom is 0.248 e. The maximum atomic E-state index is 11.9. The molecule has 0 spiro atoms. The highest BCUT2D eigenvalue weighted by Crippen LogP contribution is 2.15. The molecule has 4 nitrogen and oxygen atoms in total. The van der Waals surface area contributed by atoms with Gasteiger partial charge in [-0.1, -0.05) is 54.1 Å². The molecule has 0 saturated carbocycles. The van der Waals surface area contributed by atoms with Gasteiger partial charge in [-0.25, -0.2) is 0 Å². The van der Waals surface area contributed by atoms with Crippen molar-refractivity contribution in [1.29, 1.82) is 0 Å². The zero-order valence-electron chi connectivity index (χ0n) is 14.5. The zero-order chi connectivity index (χ0) is 18.1. The number of carbonyl (C=O) groups excluding carboxylic acids is 1. The molecule has 0 radical (unpaired) electrons. The minimum Gasteiger partial charge on any atom is -0.357 e. The predicted molar refractivity (Wildman–Crippen MR) is 109 cm³/mol. The Balaban J connectivity index is 1.61. The van der Waals surface area contributed by atoms with Crippen LogP contribution in [0.4, 0.5) is 0 Å². The number of hydrogen-bond acceptors (Lipinski definition) is 3. The number of carbonyl (C=O) groups is 1. The summed E-state index contributed by atoms with van der Waals surface area (Å²) in [5, 5.41) is 3.46. The minimum atomic E-state index is -0.0990. The van der Waals surface area contributed by atoms with Crippen molar-refractivity contribution in [3.05, 3.63) is 70.8 Å². The molecule has 0 heterocycles. The molecule has 2 rings (SSSR count). The summed E-state index contributed by atoms with van der Waals surface area (Å²) in [4.78, 5) is 11.9. The molecular formula is C19H23N3OS2. The average Bonchev–Trinajstić information content (AvgIpc) is 2.61. The van der Waals surface area contributed by atoms with Gasteiger partial charge in [-0.2, -0.15) is 0 Å². The first-order valence-electron chi connectivity index (χ1n) is 8.05. The van der Waals surface area contributed by atoms with Gasteiger partial charge in [-0.3, -0.25) is 15.6 Å². The van der Waals surface area contributed by atoms with Gasteiger partial charge in [0.05, 0.1) is 5.75 Å². The van der Waals surface area contributed by atoms with Crippen molar-refractivity contribution >= 4 is 35.0 Å². The van der Waals surface area contributed by atoms with Gasteiger partial charge in [0.2, 0.25) is 5.91 Å². The number of nitrogens with one attached hydrogen (secondary N) is 3. The quantitative estimate of drug-likeness (QED) is 0.536. The third-order valence-electron chi connectivity index (χ3n) is 3.64. The molecule has 1 amide bonds. The van der Waals surface area contributed by atoms with Crippen LogP contribution in [0, 0.1) is 13.8 Å². The molecule has 0 aliphatic rings. The second-order valence-electron chi connectivity index (χ2n) is 5.76. The molecule has 6 heteroatoms. The van der Waals surface area contributed by atoms with Gasteiger partial charge in [0.25, 0.3) is 0 Å². The van der Waals surface area contributed by atoms with E-state index in [0.717, 1.165) is 11.3 Å². The highest BCUT2D eigenvalue weighted by atomic mass is 32.2. The largest absolute Gasteiger partial charge is 0.357 e. The Morgan fingerprint density at radius 2 is 1.76 bits per heavy atom. The van der Waals surface area contributed by atoms with E-state index in [4.69, 9.17) is 12.2 Å². The van der Waals surface area contributed by atoms with Crippen LogP contribution in [0.25, 0.3) is 0 Å². The summed E-state index contributed by atoms with van der Waals surface area (Å²) < 4.78 is 0. The lowest BCUT2D eigenvalue weighted by Gasteiger charge is -2.12. The van der Waals surface area contributed by atoms with E-state index in [1.165, 1.54) is 16.7 Å². The highest BCUT2D eigenvalue weighted by molar-refractivity contribution is 7.99. The standard InChI is InChI=1S/C19H23N3OS2/c1-14-7-9-16(10-8-14)11-20-19(24)22-21-18(23)13-25-12-17-6-4-3-5-15(17)2/h3-10H,11-13H2,1-2H3,(H,21,23)(H2,20,22,24). The van der Waals surface area contributed by atoms with Crippen LogP contribution in [-0.4, -0.2) is 16.8 Å². The summed E-state index contributed by atoms with van der Waals surface area (Å²) in [6, 6.07) is 16.4. The molecule has 0 aliphatic heterocycles. The third kappa shape index (κ3) is 7.15. The van der Waals surface area contributed by atoms with Crippen molar-refractivity contribution in [2.24, 2.45) is 0 Å². The molecule has 0 saturated heterocycles. The Morgan fingerprint density at radius 3 is 2.48 bits per heavy atom. The molecule has 0 unspecified atom stereocenters. The monoisotopic (exact) mass is 373 g/mol. The smallest absolute Gasteiger partial charge is 0.248 e. The number of thiocarbonyl (C=S) groups is 1. The van der Waals surface area contributed by atoms with E-state index >= 15 is 0 Å². The summed E-state index contributed by atoms with van der Waals surface area (Å²) in [6.07, 6.45) is 0. The lowest BCUT2D eigenvalue weighted by molar-refractivity contribution is -0.119. The van der Waals surface area contributed by atoms with Crippen molar-refractivity contribution < 1.29 is 4.79 Å². The van der Waals surface area contributed by atoms with Gasteiger partial charge >= 0.3 is 0 Å². The molecule has 25 heavy (non-hydrogen) atoms. The number of amides is 1. The van der Waals surface area contributed by atoms with Crippen LogP contribution in [0.5, 0.6) is 0 Å². The number of benzene rings is 2. The van der Waals surface area contributed by atoms with E-state index in [0.29, 0.717) is 17.4 Å². The highest BCUT2D eigenvalue weighted by Gasteiger charge is 2.04. The Morgan fingerprint density at radius 1 is 1.04 bits per heavy atom. The number of aryl methyl sites for hydroxylation is 2. The molecule has 2 aromatic rings. The topological polar surface area (TPSA) is 53.2 Å². The molecule has 3 N–H and O–H groups in total. The lowest BCUT2D eigenvalue weighted by atomic mass is 10.1. The molecule has 2 aromatic carbocycles. The van der Waals surface area contributed by atoms with E-state index in [9.17, 15) is 4.79 Å². The molecule has 0 fully saturated rings. The molecule has 0 atom stereocenters. The van der Waals surface area contributed by atoms with E-state index in [1.807, 2.05) is 24.3 Å². The SMILES string of the molecule is Cc1ccc(CNC(=S)NNC(=O)CSCc2ccccc2C)cc1. The number of thioether (sulfide) groups is 1. The van der Waals surface area contributed by atoms with Gasteiger partial charge in [-0.15, -0.1) is 11.8 Å². The van der Waals surface area contributed by atoms with E-state index in [2.05, 4.69) is 54.3 Å². The number of hydrogen-bond donors (Lipinski definition) is 3. The van der Waals surface area contributed by atoms with Crippen LogP contribution >= 0.6 is 24.0 Å². The molecular weight excluding hydrogens is 350 g/mol. The van der Waals surface area contributed by atoms with Gasteiger partial charge in [0.1, 0.15) is 0 Å². The first-order valence-corrected chi connectivity index (χ1v) is 9.61. The van der Waals surface area contributed by atoms with Crippen LogP contribution in [-0.2, 0) is 17.1 Å². The summed E-state index contributed by atoms with van der Waals surface area (Å²) in [5.41, 5.74) is 10.2. The predicted octanol–water partition coefficient (Wildman–Crippen LogP) is 3.23. The Labute approximate surface area is 158 Å². The van der Waals surface area contributed by atoms with Crippen molar-refractivity contribution in [1.82, 2.24) is 16.2 Å². The summed E-state index contributed by atoms with van der Waals surface area (Å²) in [7, 11) is 0. The molecule has 0 bridgehead atoms. The first kappa shape index (κ1) is 19.3. The minimum absolute atomic E-state index is 0.0990. The van der Waals surface area contributed by atoms with Crippen LogP contribution in [0.1, 0.15) is 22.3 Å². The van der Waals surface area contributed by atoms with Crippen LogP contribution in [0.15, 0.2) is 48.5 Å². The molecule has 0 aromatic heterocycles.